The van der Waals surface area contributed by atoms with E-state index in [4.69, 9.17) is 18.9 Å². The van der Waals surface area contributed by atoms with E-state index in [1.807, 2.05) is 0 Å². The van der Waals surface area contributed by atoms with Gasteiger partial charge in [0, 0.05) is 25.7 Å². The van der Waals surface area contributed by atoms with E-state index in [9.17, 15) is 14.9 Å². The second-order valence-electron chi connectivity index (χ2n) is 6.36. The number of benzene rings is 2. The number of ether oxygens (including phenoxy) is 4. The Bertz CT molecular complexity index is 958. The quantitative estimate of drug-likeness (QED) is 0.282. The third kappa shape index (κ3) is 4.62. The minimum absolute atomic E-state index is 0.105. The number of hydrogen-bond donors (Lipinski definition) is 0. The van der Waals surface area contributed by atoms with E-state index < -0.39 is 4.92 Å². The molecule has 0 spiro atoms. The van der Waals surface area contributed by atoms with Crippen LogP contribution in [0.2, 0.25) is 0 Å². The SMILES string of the molecule is COc1ccc(C(=Cc2cc(OC)c(OC)c(OC)c2)C(=O)N(C)C)cc1[N+](=O)[O-]. The fraction of sp³-hybridized carbons (Fsp3) is 0.286. The molecule has 0 bridgehead atoms. The van der Waals surface area contributed by atoms with Gasteiger partial charge >= 0.3 is 5.69 Å². The van der Waals surface area contributed by atoms with Crippen LogP contribution in [0.15, 0.2) is 30.3 Å². The molecule has 0 aliphatic rings. The summed E-state index contributed by atoms with van der Waals surface area (Å²) in [4.78, 5) is 25.1. The molecule has 160 valence electrons. The van der Waals surface area contributed by atoms with Gasteiger partial charge in [0.2, 0.25) is 5.75 Å². The van der Waals surface area contributed by atoms with Crippen LogP contribution in [-0.2, 0) is 4.79 Å². The molecule has 0 aliphatic heterocycles. The van der Waals surface area contributed by atoms with Crippen molar-refractivity contribution >= 4 is 23.2 Å². The molecule has 0 aromatic heterocycles. The Labute approximate surface area is 174 Å². The van der Waals surface area contributed by atoms with Gasteiger partial charge in [0.15, 0.2) is 17.2 Å². The minimum atomic E-state index is -0.556. The van der Waals surface area contributed by atoms with Gasteiger partial charge in [-0.3, -0.25) is 14.9 Å². The molecule has 2 rings (SSSR count). The molecule has 0 heterocycles. The molecule has 0 atom stereocenters. The Morgan fingerprint density at radius 2 is 1.50 bits per heavy atom. The number of rotatable bonds is 8. The molecule has 9 heteroatoms. The first kappa shape index (κ1) is 22.5. The summed E-state index contributed by atoms with van der Waals surface area (Å²) in [5.74, 6) is 1.02. The molecule has 0 N–H and O–H groups in total. The van der Waals surface area contributed by atoms with Gasteiger partial charge in [0.1, 0.15) is 0 Å². The molecule has 0 radical (unpaired) electrons. The number of methoxy groups -OCH3 is 4. The van der Waals surface area contributed by atoms with E-state index in [-0.39, 0.29) is 22.9 Å². The van der Waals surface area contributed by atoms with Crippen molar-refractivity contribution in [3.8, 4) is 23.0 Å². The van der Waals surface area contributed by atoms with E-state index in [0.717, 1.165) is 0 Å². The lowest BCUT2D eigenvalue weighted by molar-refractivity contribution is -0.385. The summed E-state index contributed by atoms with van der Waals surface area (Å²) < 4.78 is 21.1. The number of carbonyl (C=O) groups excluding carboxylic acids is 1. The lowest BCUT2D eigenvalue weighted by Crippen LogP contribution is -2.22. The van der Waals surface area contributed by atoms with Crippen molar-refractivity contribution in [3.05, 3.63) is 51.6 Å². The third-order valence-electron chi connectivity index (χ3n) is 4.32. The van der Waals surface area contributed by atoms with Gasteiger partial charge in [0.25, 0.3) is 5.91 Å². The summed E-state index contributed by atoms with van der Waals surface area (Å²) in [5.41, 5.74) is 0.973. The molecular weight excluding hydrogens is 392 g/mol. The standard InChI is InChI=1S/C21H24N2O7/c1-22(2)21(24)15(14-7-8-17(27-3)16(12-14)23(25)26)9-13-10-18(28-4)20(30-6)19(11-13)29-5/h7-12H,1-6H3. The second kappa shape index (κ2) is 9.64. The largest absolute Gasteiger partial charge is 0.493 e. The Morgan fingerprint density at radius 1 is 0.933 bits per heavy atom. The first-order valence-corrected chi connectivity index (χ1v) is 8.83. The second-order valence-corrected chi connectivity index (χ2v) is 6.36. The van der Waals surface area contributed by atoms with E-state index in [0.29, 0.717) is 28.4 Å². The van der Waals surface area contributed by atoms with E-state index in [2.05, 4.69) is 0 Å². The van der Waals surface area contributed by atoms with Crippen LogP contribution in [-0.4, -0.2) is 58.3 Å². The van der Waals surface area contributed by atoms with Crippen LogP contribution in [0.5, 0.6) is 23.0 Å². The smallest absolute Gasteiger partial charge is 0.311 e. The fourth-order valence-corrected chi connectivity index (χ4v) is 2.86. The molecule has 0 saturated heterocycles. The van der Waals surface area contributed by atoms with Crippen LogP contribution in [0.1, 0.15) is 11.1 Å². The maximum Gasteiger partial charge on any atom is 0.311 e. The van der Waals surface area contributed by atoms with Crippen molar-refractivity contribution < 1.29 is 28.7 Å². The van der Waals surface area contributed by atoms with Crippen LogP contribution in [0.4, 0.5) is 5.69 Å². The third-order valence-corrected chi connectivity index (χ3v) is 4.32. The molecule has 9 nitrogen and oxygen atoms in total. The highest BCUT2D eigenvalue weighted by molar-refractivity contribution is 6.24. The molecule has 1 amide bonds. The molecule has 0 aliphatic carbocycles. The first-order valence-electron chi connectivity index (χ1n) is 8.83. The van der Waals surface area contributed by atoms with Gasteiger partial charge in [-0.1, -0.05) is 0 Å². The average Bonchev–Trinajstić information content (AvgIpc) is 2.75. The maximum atomic E-state index is 12.9. The number of nitro benzene ring substituents is 1. The maximum absolute atomic E-state index is 12.9. The zero-order chi connectivity index (χ0) is 22.4. The number of likely N-dealkylation sites (N-methyl/N-ethyl adjacent to an activating group) is 1. The summed E-state index contributed by atoms with van der Waals surface area (Å²) in [6.07, 6.45) is 1.61. The van der Waals surface area contributed by atoms with E-state index >= 15 is 0 Å². The number of nitro groups is 1. The molecule has 2 aromatic carbocycles. The number of hydrogen-bond acceptors (Lipinski definition) is 7. The van der Waals surface area contributed by atoms with Crippen molar-refractivity contribution in [1.82, 2.24) is 4.90 Å². The van der Waals surface area contributed by atoms with Gasteiger partial charge < -0.3 is 23.8 Å². The number of amides is 1. The summed E-state index contributed by atoms with van der Waals surface area (Å²) in [7, 11) is 9.02. The van der Waals surface area contributed by atoms with Gasteiger partial charge in [0.05, 0.1) is 33.4 Å². The summed E-state index contributed by atoms with van der Waals surface area (Å²) in [5, 5.41) is 11.4. The van der Waals surface area contributed by atoms with Gasteiger partial charge in [-0.2, -0.15) is 0 Å². The number of nitrogens with zero attached hydrogens (tertiary/aromatic N) is 2. The lowest BCUT2D eigenvalue weighted by atomic mass is 10.00. The summed E-state index contributed by atoms with van der Waals surface area (Å²) >= 11 is 0. The van der Waals surface area contributed by atoms with Crippen molar-refractivity contribution in [2.45, 2.75) is 0 Å². The normalized spacial score (nSPS) is 10.9. The van der Waals surface area contributed by atoms with Crippen molar-refractivity contribution in [2.75, 3.05) is 42.5 Å². The van der Waals surface area contributed by atoms with E-state index in [1.165, 1.54) is 45.5 Å². The van der Waals surface area contributed by atoms with Crippen LogP contribution in [0.25, 0.3) is 11.6 Å². The first-order chi connectivity index (χ1) is 14.3. The molecule has 0 fully saturated rings. The van der Waals surface area contributed by atoms with Gasteiger partial charge in [-0.05, 0) is 41.5 Å². The van der Waals surface area contributed by atoms with Crippen molar-refractivity contribution in [3.63, 3.8) is 0 Å². The number of carbonyl (C=O) groups is 1. The molecule has 0 saturated carbocycles. The highest BCUT2D eigenvalue weighted by Crippen LogP contribution is 2.39. The molecule has 30 heavy (non-hydrogen) atoms. The molecular formula is C21H24N2O7. The molecule has 0 unspecified atom stereocenters. The van der Waals surface area contributed by atoms with Crippen molar-refractivity contribution in [1.29, 1.82) is 0 Å². The van der Waals surface area contributed by atoms with Crippen LogP contribution < -0.4 is 18.9 Å². The lowest BCUT2D eigenvalue weighted by Gasteiger charge is -2.16. The van der Waals surface area contributed by atoms with Gasteiger partial charge in [-0.15, -0.1) is 0 Å². The van der Waals surface area contributed by atoms with Crippen molar-refractivity contribution in [2.24, 2.45) is 0 Å². The average molecular weight is 416 g/mol. The van der Waals surface area contributed by atoms with E-state index in [1.54, 1.807) is 38.4 Å². The zero-order valence-corrected chi connectivity index (χ0v) is 17.7. The summed E-state index contributed by atoms with van der Waals surface area (Å²) in [6.45, 7) is 0. The van der Waals surface area contributed by atoms with Gasteiger partial charge in [-0.25, -0.2) is 0 Å². The fourth-order valence-electron chi connectivity index (χ4n) is 2.86. The predicted octanol–water partition coefficient (Wildman–Crippen LogP) is 3.26. The van der Waals surface area contributed by atoms with Crippen LogP contribution in [0.3, 0.4) is 0 Å². The Hall–Kier alpha value is -3.75. The monoisotopic (exact) mass is 416 g/mol. The Balaban J connectivity index is 2.73. The Kier molecular flexibility index (Phi) is 7.24. The highest BCUT2D eigenvalue weighted by Gasteiger charge is 2.21. The van der Waals surface area contributed by atoms with Crippen LogP contribution >= 0.6 is 0 Å². The Morgan fingerprint density at radius 3 is 1.93 bits per heavy atom. The predicted molar refractivity (Wildman–Crippen MR) is 112 cm³/mol. The highest BCUT2D eigenvalue weighted by atomic mass is 16.6. The zero-order valence-electron chi connectivity index (χ0n) is 17.7. The topological polar surface area (TPSA) is 100 Å². The minimum Gasteiger partial charge on any atom is -0.493 e. The molecule has 2 aromatic rings. The summed E-state index contributed by atoms with van der Waals surface area (Å²) in [6, 6.07) is 7.73. The van der Waals surface area contributed by atoms with Crippen LogP contribution in [0, 0.1) is 10.1 Å².